The number of imidazole rings is 1. The summed E-state index contributed by atoms with van der Waals surface area (Å²) >= 11 is 5.86. The van der Waals surface area contributed by atoms with Crippen LogP contribution in [0.2, 0.25) is 5.02 Å². The van der Waals surface area contributed by atoms with E-state index in [-0.39, 0.29) is 0 Å². The molecule has 0 amide bonds. The standard InChI is InChI=1S/C23H25ClN6O/c1-29(2)11-12-30-21-13-18(25)6-9-20(21)28-23(30)27-14-16-3-7-19(8-4-16)31-22-10-5-17(24)15-26-22/h3-10,13,15H,11-12,14,25H2,1-2H3,(H,27,28). The summed E-state index contributed by atoms with van der Waals surface area (Å²) in [5.41, 5.74) is 9.81. The molecule has 0 bridgehead atoms. The van der Waals surface area contributed by atoms with Gasteiger partial charge in [-0.15, -0.1) is 0 Å². The summed E-state index contributed by atoms with van der Waals surface area (Å²) in [4.78, 5) is 11.1. The van der Waals surface area contributed by atoms with E-state index in [2.05, 4.69) is 33.9 Å². The van der Waals surface area contributed by atoms with Gasteiger partial charge < -0.3 is 25.3 Å². The first-order chi connectivity index (χ1) is 15.0. The van der Waals surface area contributed by atoms with Gasteiger partial charge in [-0.25, -0.2) is 9.97 Å². The molecule has 2 heterocycles. The van der Waals surface area contributed by atoms with E-state index in [1.807, 2.05) is 42.5 Å². The van der Waals surface area contributed by atoms with Gasteiger partial charge in [0.2, 0.25) is 11.8 Å². The number of anilines is 2. The summed E-state index contributed by atoms with van der Waals surface area (Å²) in [5.74, 6) is 2.05. The van der Waals surface area contributed by atoms with E-state index >= 15 is 0 Å². The van der Waals surface area contributed by atoms with Crippen LogP contribution in [0.15, 0.2) is 60.8 Å². The monoisotopic (exact) mass is 436 g/mol. The van der Waals surface area contributed by atoms with Gasteiger partial charge in [0.05, 0.1) is 16.1 Å². The molecule has 7 nitrogen and oxygen atoms in total. The van der Waals surface area contributed by atoms with Crippen molar-refractivity contribution in [3.63, 3.8) is 0 Å². The first-order valence-electron chi connectivity index (χ1n) is 10.0. The molecule has 2 aromatic carbocycles. The summed E-state index contributed by atoms with van der Waals surface area (Å²) in [6.07, 6.45) is 1.56. The highest BCUT2D eigenvalue weighted by molar-refractivity contribution is 6.30. The predicted molar refractivity (Wildman–Crippen MR) is 126 cm³/mol. The van der Waals surface area contributed by atoms with Crippen molar-refractivity contribution in [3.05, 3.63) is 71.4 Å². The molecule has 0 aliphatic carbocycles. The molecule has 31 heavy (non-hydrogen) atoms. The van der Waals surface area contributed by atoms with Gasteiger partial charge in [-0.3, -0.25) is 0 Å². The van der Waals surface area contributed by atoms with Crippen LogP contribution >= 0.6 is 11.6 Å². The fourth-order valence-corrected chi connectivity index (χ4v) is 3.31. The lowest BCUT2D eigenvalue weighted by Crippen LogP contribution is -2.19. The van der Waals surface area contributed by atoms with Gasteiger partial charge >= 0.3 is 0 Å². The number of halogens is 1. The van der Waals surface area contributed by atoms with E-state index in [0.29, 0.717) is 23.2 Å². The lowest BCUT2D eigenvalue weighted by atomic mass is 10.2. The second-order valence-corrected chi connectivity index (χ2v) is 7.99. The van der Waals surface area contributed by atoms with Crippen molar-refractivity contribution >= 4 is 34.3 Å². The first kappa shape index (κ1) is 21.0. The maximum absolute atomic E-state index is 6.00. The molecule has 0 aliphatic heterocycles. The summed E-state index contributed by atoms with van der Waals surface area (Å²) in [5, 5.41) is 4.04. The third kappa shape index (κ3) is 5.25. The van der Waals surface area contributed by atoms with Crippen LogP contribution in [0.25, 0.3) is 11.0 Å². The maximum Gasteiger partial charge on any atom is 0.219 e. The average molecular weight is 437 g/mol. The number of ether oxygens (including phenoxy) is 1. The molecular weight excluding hydrogens is 412 g/mol. The van der Waals surface area contributed by atoms with Crippen LogP contribution in [-0.2, 0) is 13.1 Å². The Hall–Kier alpha value is -3.29. The van der Waals surface area contributed by atoms with Gasteiger partial charge in [0.1, 0.15) is 5.75 Å². The Kier molecular flexibility index (Phi) is 6.25. The van der Waals surface area contributed by atoms with E-state index in [9.17, 15) is 0 Å². The zero-order valence-corrected chi connectivity index (χ0v) is 18.3. The summed E-state index contributed by atoms with van der Waals surface area (Å²) in [7, 11) is 4.12. The normalized spacial score (nSPS) is 11.2. The molecule has 0 aliphatic rings. The number of pyridine rings is 1. The number of fused-ring (bicyclic) bond motifs is 1. The highest BCUT2D eigenvalue weighted by Gasteiger charge is 2.11. The Labute approximate surface area is 186 Å². The van der Waals surface area contributed by atoms with E-state index in [4.69, 9.17) is 27.1 Å². The van der Waals surface area contributed by atoms with Crippen LogP contribution in [0.4, 0.5) is 11.6 Å². The third-order valence-electron chi connectivity index (χ3n) is 4.84. The molecule has 8 heteroatoms. The van der Waals surface area contributed by atoms with Crippen molar-refractivity contribution in [1.29, 1.82) is 0 Å². The molecule has 4 aromatic rings. The summed E-state index contributed by atoms with van der Waals surface area (Å²) < 4.78 is 7.93. The van der Waals surface area contributed by atoms with Gasteiger partial charge in [0, 0.05) is 37.6 Å². The van der Waals surface area contributed by atoms with Crippen LogP contribution in [0, 0.1) is 0 Å². The highest BCUT2D eigenvalue weighted by Crippen LogP contribution is 2.24. The highest BCUT2D eigenvalue weighted by atomic mass is 35.5. The number of rotatable bonds is 8. The number of hydrogen-bond donors (Lipinski definition) is 2. The Balaban J connectivity index is 1.46. The smallest absolute Gasteiger partial charge is 0.219 e. The van der Waals surface area contributed by atoms with E-state index in [1.54, 1.807) is 18.3 Å². The van der Waals surface area contributed by atoms with Crippen molar-refractivity contribution in [2.75, 3.05) is 31.7 Å². The fourth-order valence-electron chi connectivity index (χ4n) is 3.20. The minimum Gasteiger partial charge on any atom is -0.439 e. The van der Waals surface area contributed by atoms with Crippen LogP contribution in [0.3, 0.4) is 0 Å². The predicted octanol–water partition coefficient (Wildman–Crippen LogP) is 4.63. The van der Waals surface area contributed by atoms with Crippen LogP contribution in [0.5, 0.6) is 11.6 Å². The number of hydrogen-bond acceptors (Lipinski definition) is 6. The van der Waals surface area contributed by atoms with Gasteiger partial charge in [-0.1, -0.05) is 23.7 Å². The number of likely N-dealkylation sites (N-methyl/N-ethyl adjacent to an activating group) is 1. The lowest BCUT2D eigenvalue weighted by Gasteiger charge is -2.14. The number of nitrogen functional groups attached to an aromatic ring is 1. The molecule has 0 saturated carbocycles. The third-order valence-corrected chi connectivity index (χ3v) is 5.06. The molecule has 0 radical (unpaired) electrons. The SMILES string of the molecule is CN(C)CCn1c(NCc2ccc(Oc3ccc(Cl)cn3)cc2)nc2ccc(N)cc21. The second-order valence-electron chi connectivity index (χ2n) is 7.55. The Bertz CT molecular complexity index is 1160. The van der Waals surface area contributed by atoms with Crippen molar-refractivity contribution < 1.29 is 4.74 Å². The molecule has 3 N–H and O–H groups in total. The molecule has 2 aromatic heterocycles. The zero-order chi connectivity index (χ0) is 21.8. The van der Waals surface area contributed by atoms with E-state index in [1.165, 1.54) is 0 Å². The van der Waals surface area contributed by atoms with Crippen molar-refractivity contribution in [2.24, 2.45) is 0 Å². The summed E-state index contributed by atoms with van der Waals surface area (Å²) in [6, 6.07) is 17.2. The molecule has 0 atom stereocenters. The summed E-state index contributed by atoms with van der Waals surface area (Å²) in [6.45, 7) is 2.36. The number of nitrogens with two attached hydrogens (primary N) is 1. The molecule has 0 spiro atoms. The Morgan fingerprint density at radius 2 is 1.90 bits per heavy atom. The van der Waals surface area contributed by atoms with Gasteiger partial charge in [-0.05, 0) is 56.1 Å². The lowest BCUT2D eigenvalue weighted by molar-refractivity contribution is 0.387. The van der Waals surface area contributed by atoms with Crippen molar-refractivity contribution in [2.45, 2.75) is 13.1 Å². The molecule has 160 valence electrons. The maximum atomic E-state index is 6.00. The number of nitrogens with zero attached hydrogens (tertiary/aromatic N) is 4. The molecule has 4 rings (SSSR count). The molecular formula is C23H25ClN6O. The molecule has 0 fully saturated rings. The van der Waals surface area contributed by atoms with Crippen LogP contribution in [-0.4, -0.2) is 40.1 Å². The second kappa shape index (κ2) is 9.24. The molecule has 0 saturated heterocycles. The Morgan fingerprint density at radius 1 is 1.10 bits per heavy atom. The number of aromatic nitrogens is 3. The Morgan fingerprint density at radius 3 is 2.61 bits per heavy atom. The largest absolute Gasteiger partial charge is 0.439 e. The fraction of sp³-hybridized carbons (Fsp3) is 0.217. The number of nitrogens with one attached hydrogen (secondary N) is 1. The van der Waals surface area contributed by atoms with Gasteiger partial charge in [0.15, 0.2) is 0 Å². The minimum atomic E-state index is 0.504. The quantitative estimate of drug-likeness (QED) is 0.392. The van der Waals surface area contributed by atoms with Gasteiger partial charge in [-0.2, -0.15) is 0 Å². The zero-order valence-electron chi connectivity index (χ0n) is 17.5. The minimum absolute atomic E-state index is 0.504. The van der Waals surface area contributed by atoms with Crippen LogP contribution < -0.4 is 15.8 Å². The van der Waals surface area contributed by atoms with Crippen LogP contribution in [0.1, 0.15) is 5.56 Å². The average Bonchev–Trinajstić information content (AvgIpc) is 3.10. The first-order valence-corrected chi connectivity index (χ1v) is 10.4. The number of benzene rings is 2. The van der Waals surface area contributed by atoms with Gasteiger partial charge in [0.25, 0.3) is 0 Å². The van der Waals surface area contributed by atoms with Crippen molar-refractivity contribution in [3.8, 4) is 11.6 Å². The molecule has 0 unspecified atom stereocenters. The van der Waals surface area contributed by atoms with Crippen molar-refractivity contribution in [1.82, 2.24) is 19.4 Å². The van der Waals surface area contributed by atoms with E-state index in [0.717, 1.165) is 41.3 Å². The van der Waals surface area contributed by atoms with E-state index < -0.39 is 0 Å². The topological polar surface area (TPSA) is 81.2 Å².